The van der Waals surface area contributed by atoms with E-state index < -0.39 is 0 Å². The van der Waals surface area contributed by atoms with Crippen molar-refractivity contribution < 1.29 is 14.0 Å². The Kier molecular flexibility index (Phi) is 6.42. The Bertz CT molecular complexity index is 1400. The highest BCUT2D eigenvalue weighted by molar-refractivity contribution is 7.19. The van der Waals surface area contributed by atoms with Gasteiger partial charge in [0.25, 0.3) is 0 Å². The van der Waals surface area contributed by atoms with E-state index in [0.717, 1.165) is 84.5 Å². The van der Waals surface area contributed by atoms with Crippen molar-refractivity contribution >= 4 is 38.3 Å². The van der Waals surface area contributed by atoms with Gasteiger partial charge in [0.05, 0.1) is 18.7 Å². The van der Waals surface area contributed by atoms with Gasteiger partial charge >= 0.3 is 0 Å². The molecule has 0 radical (unpaired) electrons. The Hall–Kier alpha value is -2.43. The molecule has 37 heavy (non-hydrogen) atoms. The molecular weight excluding hydrogens is 487 g/mol. The first-order valence-electron chi connectivity index (χ1n) is 13.7. The first-order chi connectivity index (χ1) is 18.2. The Balaban J connectivity index is 1.21. The average molecular weight is 522 g/mol. The Morgan fingerprint density at radius 1 is 1.05 bits per heavy atom. The number of aromatic nitrogens is 3. The monoisotopic (exact) mass is 521 g/mol. The highest BCUT2D eigenvalue weighted by Gasteiger charge is 2.28. The summed E-state index contributed by atoms with van der Waals surface area (Å²) < 4.78 is 21.3. The minimum absolute atomic E-state index is 0.280. The second-order valence-corrected chi connectivity index (χ2v) is 11.8. The zero-order valence-electron chi connectivity index (χ0n) is 21.1. The molecule has 0 amide bonds. The normalized spacial score (nSPS) is 21.0. The minimum Gasteiger partial charge on any atom is -0.370 e. The van der Waals surface area contributed by atoms with Crippen LogP contribution in [0, 0.1) is 5.82 Å². The van der Waals surface area contributed by atoms with Crippen LogP contribution in [0.3, 0.4) is 0 Å². The second-order valence-electron chi connectivity index (χ2n) is 10.7. The fourth-order valence-electron chi connectivity index (χ4n) is 6.36. The van der Waals surface area contributed by atoms with Crippen LogP contribution in [0.1, 0.15) is 30.6 Å². The molecule has 3 saturated heterocycles. The smallest absolute Gasteiger partial charge is 0.247 e. The zero-order chi connectivity index (χ0) is 24.8. The molecule has 3 aromatic heterocycles. The lowest BCUT2D eigenvalue weighted by Crippen LogP contribution is -3.09. The van der Waals surface area contributed by atoms with E-state index >= 15 is 0 Å². The van der Waals surface area contributed by atoms with Gasteiger partial charge in [-0.05, 0) is 63.0 Å². The van der Waals surface area contributed by atoms with Crippen LogP contribution in [-0.2, 0) is 11.3 Å². The maximum atomic E-state index is 14.5. The number of benzene rings is 1. The first-order valence-corrected chi connectivity index (χ1v) is 14.5. The molecule has 9 heteroatoms. The van der Waals surface area contributed by atoms with Crippen LogP contribution in [0.25, 0.3) is 32.5 Å². The largest absolute Gasteiger partial charge is 0.370 e. The van der Waals surface area contributed by atoms with Crippen molar-refractivity contribution in [3.63, 3.8) is 0 Å². The van der Waals surface area contributed by atoms with Crippen molar-refractivity contribution in [1.82, 2.24) is 24.8 Å². The van der Waals surface area contributed by atoms with Crippen LogP contribution in [-0.4, -0.2) is 83.3 Å². The van der Waals surface area contributed by atoms with Gasteiger partial charge in [-0.1, -0.05) is 0 Å². The predicted octanol–water partition coefficient (Wildman–Crippen LogP) is 3.59. The summed E-state index contributed by atoms with van der Waals surface area (Å²) in [5.41, 5.74) is 2.48. The van der Waals surface area contributed by atoms with Crippen molar-refractivity contribution in [2.45, 2.75) is 38.3 Å². The van der Waals surface area contributed by atoms with E-state index in [1.807, 2.05) is 23.6 Å². The van der Waals surface area contributed by atoms with Crippen LogP contribution < -0.4 is 4.90 Å². The highest BCUT2D eigenvalue weighted by Crippen LogP contribution is 2.34. The predicted molar refractivity (Wildman–Crippen MR) is 145 cm³/mol. The topological polar surface area (TPSA) is 61.7 Å². The number of halogens is 1. The van der Waals surface area contributed by atoms with Crippen molar-refractivity contribution in [3.8, 4) is 11.4 Å². The third-order valence-electron chi connectivity index (χ3n) is 8.32. The molecule has 3 aliphatic heterocycles. The molecule has 1 aromatic carbocycles. The minimum atomic E-state index is -0.280. The molecule has 7 rings (SSSR count). The van der Waals surface area contributed by atoms with Crippen LogP contribution in [0.15, 0.2) is 30.5 Å². The van der Waals surface area contributed by atoms with E-state index in [4.69, 9.17) is 14.7 Å². The Labute approximate surface area is 220 Å². The summed E-state index contributed by atoms with van der Waals surface area (Å²) in [6.45, 7) is 9.06. The molecule has 194 valence electrons. The maximum absolute atomic E-state index is 14.5. The lowest BCUT2D eigenvalue weighted by molar-refractivity contribution is -0.843. The average Bonchev–Trinajstić information content (AvgIpc) is 3.69. The SMILES string of the molecule is Fc1cc(-c2nc([NH+]3CCOCC3)c3sc(CN4CCC(N5CCCC5)CC4)cc3n2)c2cc[nH]c2c1. The number of nitrogens with one attached hydrogen (secondary N) is 2. The quantitative estimate of drug-likeness (QED) is 0.421. The standard InChI is InChI=1S/C28H33FN6OS/c29-19-15-23(22-3-6-30-24(22)16-19)27-31-25-17-21(37-26(25)28(32-27)35-11-13-36-14-12-35)18-33-9-4-20(5-10-33)34-7-1-2-8-34/h3,6,15-17,20,30H,1-2,4-5,7-14,18H2/p+1. The molecule has 4 aromatic rings. The number of likely N-dealkylation sites (tertiary alicyclic amines) is 2. The molecule has 0 unspecified atom stereocenters. The van der Waals surface area contributed by atoms with Crippen molar-refractivity contribution in [2.24, 2.45) is 0 Å². The molecule has 0 aliphatic carbocycles. The molecule has 0 saturated carbocycles. The summed E-state index contributed by atoms with van der Waals surface area (Å²) in [6.07, 6.45) is 7.11. The number of nitrogens with zero attached hydrogens (tertiary/aromatic N) is 4. The summed E-state index contributed by atoms with van der Waals surface area (Å²) in [7, 11) is 0. The second kappa shape index (κ2) is 10.0. The van der Waals surface area contributed by atoms with Gasteiger partial charge in [0.15, 0.2) is 5.82 Å². The molecule has 0 bridgehead atoms. The molecule has 3 aliphatic rings. The van der Waals surface area contributed by atoms with Crippen molar-refractivity contribution in [1.29, 1.82) is 0 Å². The number of thiophene rings is 1. The maximum Gasteiger partial charge on any atom is 0.247 e. The fraction of sp³-hybridized carbons (Fsp3) is 0.500. The van der Waals surface area contributed by atoms with Gasteiger partial charge in [-0.3, -0.25) is 9.80 Å². The van der Waals surface area contributed by atoms with Gasteiger partial charge in [0, 0.05) is 53.2 Å². The molecule has 3 fully saturated rings. The number of rotatable bonds is 5. The van der Waals surface area contributed by atoms with Crippen LogP contribution in [0.2, 0.25) is 0 Å². The van der Waals surface area contributed by atoms with E-state index in [-0.39, 0.29) is 5.82 Å². The van der Waals surface area contributed by atoms with Gasteiger partial charge in [-0.2, -0.15) is 4.98 Å². The molecule has 0 atom stereocenters. The van der Waals surface area contributed by atoms with Gasteiger partial charge in [-0.25, -0.2) is 9.37 Å². The summed E-state index contributed by atoms with van der Waals surface area (Å²) >= 11 is 1.83. The van der Waals surface area contributed by atoms with E-state index in [9.17, 15) is 4.39 Å². The lowest BCUT2D eigenvalue weighted by Gasteiger charge is -2.36. The number of H-pyrrole nitrogens is 1. The summed E-state index contributed by atoms with van der Waals surface area (Å²) in [6, 6.07) is 8.08. The molecule has 2 N–H and O–H groups in total. The van der Waals surface area contributed by atoms with E-state index in [1.54, 1.807) is 6.07 Å². The van der Waals surface area contributed by atoms with E-state index in [2.05, 4.69) is 20.9 Å². The fourth-order valence-corrected chi connectivity index (χ4v) is 7.53. The number of fused-ring (bicyclic) bond motifs is 2. The highest BCUT2D eigenvalue weighted by atomic mass is 32.1. The van der Waals surface area contributed by atoms with Crippen LogP contribution >= 0.6 is 11.3 Å². The van der Waals surface area contributed by atoms with Crippen LogP contribution in [0.5, 0.6) is 0 Å². The summed E-state index contributed by atoms with van der Waals surface area (Å²) in [4.78, 5) is 21.2. The number of piperidine rings is 1. The lowest BCUT2D eigenvalue weighted by atomic mass is 10.0. The van der Waals surface area contributed by atoms with Crippen molar-refractivity contribution in [2.75, 3.05) is 52.5 Å². The third kappa shape index (κ3) is 4.68. The third-order valence-corrected chi connectivity index (χ3v) is 9.44. The number of morpholine rings is 1. The van der Waals surface area contributed by atoms with E-state index in [1.165, 1.54) is 54.6 Å². The number of hydrogen-bond acceptors (Lipinski definition) is 6. The van der Waals surface area contributed by atoms with Crippen LogP contribution in [0.4, 0.5) is 10.2 Å². The Morgan fingerprint density at radius 2 is 1.86 bits per heavy atom. The van der Waals surface area contributed by atoms with Crippen molar-refractivity contribution in [3.05, 3.63) is 41.2 Å². The molecule has 7 nitrogen and oxygen atoms in total. The Morgan fingerprint density at radius 3 is 2.68 bits per heavy atom. The zero-order valence-corrected chi connectivity index (χ0v) is 22.0. The number of hydrogen-bond donors (Lipinski definition) is 2. The van der Waals surface area contributed by atoms with Gasteiger partial charge in [0.2, 0.25) is 5.82 Å². The molecule has 6 heterocycles. The first kappa shape index (κ1) is 23.7. The van der Waals surface area contributed by atoms with Gasteiger partial charge in [0.1, 0.15) is 23.6 Å². The van der Waals surface area contributed by atoms with Gasteiger partial charge in [-0.15, -0.1) is 11.3 Å². The number of aromatic amines is 1. The number of ether oxygens (including phenoxy) is 1. The van der Waals surface area contributed by atoms with Gasteiger partial charge < -0.3 is 14.6 Å². The molecular formula is C28H34FN6OS+. The molecule has 0 spiro atoms. The number of quaternary nitrogens is 1. The summed E-state index contributed by atoms with van der Waals surface area (Å²) in [5.74, 6) is 1.35. The van der Waals surface area contributed by atoms with E-state index in [0.29, 0.717) is 5.82 Å². The summed E-state index contributed by atoms with van der Waals surface area (Å²) in [5, 5.41) is 0.944.